The van der Waals surface area contributed by atoms with E-state index in [-0.39, 0.29) is 18.1 Å². The van der Waals surface area contributed by atoms with Gasteiger partial charge in [-0.3, -0.25) is 4.79 Å². The first kappa shape index (κ1) is 14.7. The SMILES string of the molecule is Cc1nc(Cl)c(CC(=O)C2CCC(C)CC2)c(Cl)n1. The molecule has 1 aromatic rings. The van der Waals surface area contributed by atoms with E-state index < -0.39 is 0 Å². The predicted octanol–water partition coefficient (Wildman–Crippen LogP) is 4.03. The number of hydrogen-bond donors (Lipinski definition) is 0. The highest BCUT2D eigenvalue weighted by Crippen LogP contribution is 2.31. The first-order valence-electron chi connectivity index (χ1n) is 6.68. The second kappa shape index (κ2) is 6.19. The van der Waals surface area contributed by atoms with Crippen LogP contribution >= 0.6 is 23.2 Å². The summed E-state index contributed by atoms with van der Waals surface area (Å²) >= 11 is 12.1. The van der Waals surface area contributed by atoms with Crippen molar-refractivity contribution < 1.29 is 4.79 Å². The topological polar surface area (TPSA) is 42.9 Å². The molecule has 2 rings (SSSR count). The van der Waals surface area contributed by atoms with Gasteiger partial charge in [-0.2, -0.15) is 0 Å². The van der Waals surface area contributed by atoms with Crippen LogP contribution in [-0.4, -0.2) is 15.8 Å². The molecule has 0 radical (unpaired) electrons. The van der Waals surface area contributed by atoms with Crippen LogP contribution in [0.25, 0.3) is 0 Å². The van der Waals surface area contributed by atoms with E-state index in [1.54, 1.807) is 6.92 Å². The normalized spacial score (nSPS) is 23.4. The summed E-state index contributed by atoms with van der Waals surface area (Å²) < 4.78 is 0. The van der Waals surface area contributed by atoms with Gasteiger partial charge in [0.05, 0.1) is 0 Å². The van der Waals surface area contributed by atoms with E-state index >= 15 is 0 Å². The molecule has 0 aliphatic heterocycles. The molecule has 1 saturated carbocycles. The number of carbonyl (C=O) groups excluding carboxylic acids is 1. The lowest BCUT2D eigenvalue weighted by molar-refractivity contribution is -0.123. The van der Waals surface area contributed by atoms with Crippen molar-refractivity contribution in [1.82, 2.24) is 9.97 Å². The van der Waals surface area contributed by atoms with E-state index in [0.29, 0.717) is 21.7 Å². The van der Waals surface area contributed by atoms with Crippen molar-refractivity contribution >= 4 is 29.0 Å². The molecular weight excluding hydrogens is 283 g/mol. The monoisotopic (exact) mass is 300 g/mol. The van der Waals surface area contributed by atoms with Crippen LogP contribution in [0.5, 0.6) is 0 Å². The standard InChI is InChI=1S/C14H18Cl2N2O/c1-8-3-5-10(6-4-8)12(19)7-11-13(15)17-9(2)18-14(11)16/h8,10H,3-7H2,1-2H3. The Hall–Kier alpha value is -0.670. The molecule has 0 amide bonds. The van der Waals surface area contributed by atoms with Crippen LogP contribution in [-0.2, 0) is 11.2 Å². The smallest absolute Gasteiger partial charge is 0.140 e. The Kier molecular flexibility index (Phi) is 4.80. The van der Waals surface area contributed by atoms with Gasteiger partial charge in [0.25, 0.3) is 0 Å². The molecule has 5 heteroatoms. The van der Waals surface area contributed by atoms with E-state index in [1.807, 2.05) is 0 Å². The van der Waals surface area contributed by atoms with Crippen molar-refractivity contribution in [1.29, 1.82) is 0 Å². The fourth-order valence-corrected chi connectivity index (χ4v) is 3.18. The number of nitrogens with zero attached hydrogens (tertiary/aromatic N) is 2. The molecule has 0 atom stereocenters. The molecule has 1 aliphatic carbocycles. The van der Waals surface area contributed by atoms with Gasteiger partial charge in [-0.05, 0) is 25.7 Å². The van der Waals surface area contributed by atoms with Gasteiger partial charge in [0, 0.05) is 17.9 Å². The average Bonchev–Trinajstić information content (AvgIpc) is 2.34. The summed E-state index contributed by atoms with van der Waals surface area (Å²) in [5, 5.41) is 0.602. The van der Waals surface area contributed by atoms with Crippen LogP contribution in [0.15, 0.2) is 0 Å². The first-order chi connectivity index (χ1) is 8.97. The van der Waals surface area contributed by atoms with Gasteiger partial charge in [-0.25, -0.2) is 9.97 Å². The third kappa shape index (κ3) is 3.67. The summed E-state index contributed by atoms with van der Waals surface area (Å²) in [7, 11) is 0. The summed E-state index contributed by atoms with van der Waals surface area (Å²) in [5.41, 5.74) is 0.567. The Balaban J connectivity index is 2.07. The minimum Gasteiger partial charge on any atom is -0.299 e. The predicted molar refractivity (Wildman–Crippen MR) is 76.6 cm³/mol. The molecule has 1 fully saturated rings. The lowest BCUT2D eigenvalue weighted by Gasteiger charge is -2.25. The largest absolute Gasteiger partial charge is 0.299 e. The Morgan fingerprint density at radius 1 is 1.16 bits per heavy atom. The van der Waals surface area contributed by atoms with Gasteiger partial charge in [0.1, 0.15) is 21.9 Å². The van der Waals surface area contributed by atoms with Gasteiger partial charge >= 0.3 is 0 Å². The molecular formula is C14H18Cl2N2O. The van der Waals surface area contributed by atoms with Gasteiger partial charge < -0.3 is 0 Å². The average molecular weight is 301 g/mol. The quantitative estimate of drug-likeness (QED) is 0.792. The van der Waals surface area contributed by atoms with E-state index in [1.165, 1.54) is 0 Å². The highest BCUT2D eigenvalue weighted by atomic mass is 35.5. The van der Waals surface area contributed by atoms with Gasteiger partial charge in [-0.15, -0.1) is 0 Å². The number of hydrogen-bond acceptors (Lipinski definition) is 3. The maximum atomic E-state index is 12.3. The molecule has 0 saturated heterocycles. The molecule has 0 bridgehead atoms. The number of halogens is 2. The minimum absolute atomic E-state index is 0.143. The van der Waals surface area contributed by atoms with Crippen LogP contribution in [0.3, 0.4) is 0 Å². The summed E-state index contributed by atoms with van der Waals surface area (Å²) in [6.45, 7) is 3.97. The van der Waals surface area contributed by atoms with Crippen molar-refractivity contribution in [2.24, 2.45) is 11.8 Å². The molecule has 0 spiro atoms. The summed E-state index contributed by atoms with van der Waals surface area (Å²) in [5.74, 6) is 1.62. The van der Waals surface area contributed by atoms with Crippen LogP contribution < -0.4 is 0 Å². The van der Waals surface area contributed by atoms with Gasteiger partial charge in [0.15, 0.2) is 0 Å². The number of rotatable bonds is 3. The third-order valence-corrected chi connectivity index (χ3v) is 4.47. The summed E-state index contributed by atoms with van der Waals surface area (Å²) in [6, 6.07) is 0. The molecule has 1 heterocycles. The maximum absolute atomic E-state index is 12.3. The minimum atomic E-state index is 0.143. The lowest BCUT2D eigenvalue weighted by atomic mass is 9.80. The van der Waals surface area contributed by atoms with Crippen molar-refractivity contribution in [3.05, 3.63) is 21.7 Å². The number of aryl methyl sites for hydroxylation is 1. The number of ketones is 1. The third-order valence-electron chi connectivity index (χ3n) is 3.84. The maximum Gasteiger partial charge on any atom is 0.140 e. The summed E-state index contributed by atoms with van der Waals surface area (Å²) in [4.78, 5) is 20.4. The molecule has 1 aromatic heterocycles. The molecule has 1 aliphatic rings. The molecule has 104 valence electrons. The molecule has 0 unspecified atom stereocenters. The second-order valence-electron chi connectivity index (χ2n) is 5.43. The van der Waals surface area contributed by atoms with Crippen LogP contribution in [0.2, 0.25) is 10.3 Å². The lowest BCUT2D eigenvalue weighted by Crippen LogP contribution is -2.22. The van der Waals surface area contributed by atoms with Crippen LogP contribution in [0.4, 0.5) is 0 Å². The van der Waals surface area contributed by atoms with Crippen LogP contribution in [0.1, 0.15) is 44.0 Å². The first-order valence-corrected chi connectivity index (χ1v) is 7.44. The van der Waals surface area contributed by atoms with Gasteiger partial charge in [0.2, 0.25) is 0 Å². The number of carbonyl (C=O) groups is 1. The fourth-order valence-electron chi connectivity index (χ4n) is 2.58. The zero-order valence-electron chi connectivity index (χ0n) is 11.2. The molecule has 0 N–H and O–H groups in total. The summed E-state index contributed by atoms with van der Waals surface area (Å²) in [6.07, 6.45) is 4.45. The van der Waals surface area contributed by atoms with Gasteiger partial charge in [-0.1, -0.05) is 43.0 Å². The van der Waals surface area contributed by atoms with E-state index in [9.17, 15) is 4.79 Å². The second-order valence-corrected chi connectivity index (χ2v) is 6.15. The van der Waals surface area contributed by atoms with E-state index in [4.69, 9.17) is 23.2 Å². The van der Waals surface area contributed by atoms with Crippen molar-refractivity contribution in [3.63, 3.8) is 0 Å². The molecule has 3 nitrogen and oxygen atoms in total. The van der Waals surface area contributed by atoms with Crippen molar-refractivity contribution in [2.45, 2.75) is 46.0 Å². The number of Topliss-reactive ketones (excluding diaryl/α,β-unsaturated/α-hetero) is 1. The molecule has 0 aromatic carbocycles. The van der Waals surface area contributed by atoms with E-state index in [0.717, 1.165) is 31.6 Å². The van der Waals surface area contributed by atoms with Crippen LogP contribution in [0, 0.1) is 18.8 Å². The molecule has 19 heavy (non-hydrogen) atoms. The van der Waals surface area contributed by atoms with Crippen molar-refractivity contribution in [3.8, 4) is 0 Å². The Bertz CT molecular complexity index is 459. The number of aromatic nitrogens is 2. The zero-order chi connectivity index (χ0) is 14.0. The highest BCUT2D eigenvalue weighted by molar-refractivity contribution is 6.34. The van der Waals surface area contributed by atoms with E-state index in [2.05, 4.69) is 16.9 Å². The zero-order valence-corrected chi connectivity index (χ0v) is 12.8. The Morgan fingerprint density at radius 3 is 2.21 bits per heavy atom. The highest BCUT2D eigenvalue weighted by Gasteiger charge is 2.25. The Labute approximate surface area is 123 Å². The Morgan fingerprint density at radius 2 is 1.68 bits per heavy atom. The van der Waals surface area contributed by atoms with Crippen molar-refractivity contribution in [2.75, 3.05) is 0 Å². The fraction of sp³-hybridized carbons (Fsp3) is 0.643.